The molecule has 1 atom stereocenters. The number of nitrogens with one attached hydrogen (secondary N) is 3. The molecular formula is C26H40FN7OS. The second-order valence-corrected chi connectivity index (χ2v) is 10.6. The van der Waals surface area contributed by atoms with Gasteiger partial charge in [-0.1, -0.05) is 26.2 Å². The average Bonchev–Trinajstić information content (AvgIpc) is 3.36. The van der Waals surface area contributed by atoms with E-state index >= 15 is 0 Å². The van der Waals surface area contributed by atoms with Gasteiger partial charge in [0.25, 0.3) is 0 Å². The molecular weight excluding hydrogens is 477 g/mol. The lowest BCUT2D eigenvalue weighted by Gasteiger charge is -2.23. The Balaban J connectivity index is 1.45. The van der Waals surface area contributed by atoms with Gasteiger partial charge in [-0.2, -0.15) is 26.7 Å². The highest BCUT2D eigenvalue weighted by molar-refractivity contribution is 7.98. The molecule has 4 rings (SSSR count). The number of hydrogen-bond donors (Lipinski definition) is 3. The number of hydrogen-bond acceptors (Lipinski definition) is 9. The zero-order chi connectivity index (χ0) is 25.2. The van der Waals surface area contributed by atoms with Gasteiger partial charge >= 0.3 is 0 Å². The molecule has 1 saturated carbocycles. The Morgan fingerprint density at radius 2 is 1.75 bits per heavy atom. The lowest BCUT2D eigenvalue weighted by Crippen LogP contribution is -2.35. The smallest absolute Gasteiger partial charge is 0.233 e. The number of rotatable bonds is 13. The zero-order valence-corrected chi connectivity index (χ0v) is 22.4. The minimum atomic E-state index is -0.412. The van der Waals surface area contributed by atoms with E-state index in [1.807, 2.05) is 6.26 Å². The van der Waals surface area contributed by atoms with Crippen molar-refractivity contribution in [2.24, 2.45) is 5.92 Å². The van der Waals surface area contributed by atoms with E-state index in [4.69, 9.17) is 4.74 Å². The summed E-state index contributed by atoms with van der Waals surface area (Å²) in [7, 11) is 0. The van der Waals surface area contributed by atoms with Gasteiger partial charge in [-0.05, 0) is 63.1 Å². The summed E-state index contributed by atoms with van der Waals surface area (Å²) in [6.45, 7) is 6.51. The minimum Gasteiger partial charge on any atom is -0.490 e. The molecule has 36 heavy (non-hydrogen) atoms. The van der Waals surface area contributed by atoms with E-state index in [1.165, 1.54) is 51.0 Å². The highest BCUT2D eigenvalue weighted by atomic mass is 32.2. The molecule has 2 heterocycles. The maximum Gasteiger partial charge on any atom is 0.233 e. The normalized spacial score (nSPS) is 18.8. The van der Waals surface area contributed by atoms with Crippen LogP contribution in [0.15, 0.2) is 18.2 Å². The van der Waals surface area contributed by atoms with E-state index in [9.17, 15) is 4.39 Å². The maximum atomic E-state index is 14.6. The number of anilines is 4. The van der Waals surface area contributed by atoms with Gasteiger partial charge in [0.2, 0.25) is 17.8 Å². The molecule has 2 fully saturated rings. The fraction of sp³-hybridized carbons (Fsp3) is 0.654. The molecule has 8 nitrogen and oxygen atoms in total. The number of nitrogens with zero attached hydrogens (tertiary/aromatic N) is 4. The van der Waals surface area contributed by atoms with Crippen LogP contribution in [0.4, 0.5) is 27.9 Å². The lowest BCUT2D eigenvalue weighted by atomic mass is 9.89. The molecule has 1 aliphatic carbocycles. The average molecular weight is 518 g/mol. The molecule has 0 amide bonds. The molecule has 1 saturated heterocycles. The summed E-state index contributed by atoms with van der Waals surface area (Å²) in [4.78, 5) is 16.3. The second kappa shape index (κ2) is 13.8. The van der Waals surface area contributed by atoms with Crippen LogP contribution in [0.3, 0.4) is 0 Å². The van der Waals surface area contributed by atoms with Crippen molar-refractivity contribution < 1.29 is 9.13 Å². The fourth-order valence-electron chi connectivity index (χ4n) is 5.03. The van der Waals surface area contributed by atoms with E-state index in [0.29, 0.717) is 42.1 Å². The number of likely N-dealkylation sites (N-methyl/N-ethyl adjacent to an activating group) is 1. The lowest BCUT2D eigenvalue weighted by molar-refractivity contribution is 0.277. The van der Waals surface area contributed by atoms with Gasteiger partial charge in [0.15, 0.2) is 11.6 Å². The first-order valence-corrected chi connectivity index (χ1v) is 14.7. The van der Waals surface area contributed by atoms with Crippen molar-refractivity contribution in [1.82, 2.24) is 19.9 Å². The maximum absolute atomic E-state index is 14.6. The SMILES string of the molecule is CCN1CCCC1CNc1nc(NCC2CCCCC2)nc(Nc2ccc(OCCSC)c(F)c2)n1. The molecule has 198 valence electrons. The minimum absolute atomic E-state index is 0.250. The van der Waals surface area contributed by atoms with Gasteiger partial charge in [-0.3, -0.25) is 4.90 Å². The molecule has 2 aromatic rings. The predicted molar refractivity (Wildman–Crippen MR) is 147 cm³/mol. The number of ether oxygens (including phenoxy) is 1. The first-order chi connectivity index (χ1) is 17.6. The van der Waals surface area contributed by atoms with Crippen molar-refractivity contribution in [3.63, 3.8) is 0 Å². The van der Waals surface area contributed by atoms with Crippen LogP contribution in [0.25, 0.3) is 0 Å². The van der Waals surface area contributed by atoms with E-state index in [0.717, 1.165) is 31.9 Å². The number of benzene rings is 1. The molecule has 2 aliphatic rings. The van der Waals surface area contributed by atoms with Crippen LogP contribution in [0.5, 0.6) is 5.75 Å². The molecule has 1 aliphatic heterocycles. The van der Waals surface area contributed by atoms with Gasteiger partial charge in [0, 0.05) is 36.6 Å². The standard InChI is InChI=1S/C26H40FN7OS/c1-3-34-13-7-10-21(34)18-29-25-31-24(28-17-19-8-5-4-6-9-19)32-26(33-25)30-20-11-12-23(22(27)16-20)35-14-15-36-2/h11-12,16,19,21H,3-10,13-15,17-18H2,1-2H3,(H3,28,29,30,31,32,33). The van der Waals surface area contributed by atoms with E-state index in [2.05, 4.69) is 42.7 Å². The Morgan fingerprint density at radius 3 is 2.47 bits per heavy atom. The summed E-state index contributed by atoms with van der Waals surface area (Å²) in [5.41, 5.74) is 0.563. The molecule has 3 N–H and O–H groups in total. The number of thioether (sulfide) groups is 1. The molecule has 0 radical (unpaired) electrons. The highest BCUT2D eigenvalue weighted by Gasteiger charge is 2.23. The monoisotopic (exact) mass is 517 g/mol. The predicted octanol–water partition coefficient (Wildman–Crippen LogP) is 5.38. The fourth-order valence-corrected chi connectivity index (χ4v) is 5.28. The van der Waals surface area contributed by atoms with E-state index in [1.54, 1.807) is 23.9 Å². The number of halogens is 1. The van der Waals surface area contributed by atoms with Crippen LogP contribution in [0, 0.1) is 11.7 Å². The number of aromatic nitrogens is 3. The van der Waals surface area contributed by atoms with Crippen molar-refractivity contribution in [2.45, 2.75) is 57.9 Å². The van der Waals surface area contributed by atoms with E-state index in [-0.39, 0.29) is 5.75 Å². The molecule has 0 spiro atoms. The van der Waals surface area contributed by atoms with Crippen LogP contribution >= 0.6 is 11.8 Å². The first kappa shape index (κ1) is 26.7. The molecule has 1 aromatic heterocycles. The van der Waals surface area contributed by atoms with Crippen LogP contribution in [-0.4, -0.2) is 70.7 Å². The third kappa shape index (κ3) is 7.83. The second-order valence-electron chi connectivity index (χ2n) is 9.61. The van der Waals surface area contributed by atoms with Crippen LogP contribution in [0.1, 0.15) is 51.9 Å². The Hall–Kier alpha value is -2.33. The van der Waals surface area contributed by atoms with Crippen molar-refractivity contribution in [1.29, 1.82) is 0 Å². The van der Waals surface area contributed by atoms with Gasteiger partial charge in [0.1, 0.15) is 0 Å². The summed E-state index contributed by atoms with van der Waals surface area (Å²) < 4.78 is 20.1. The summed E-state index contributed by atoms with van der Waals surface area (Å²) in [6, 6.07) is 5.31. The molecule has 1 aromatic carbocycles. The van der Waals surface area contributed by atoms with Crippen molar-refractivity contribution in [3.8, 4) is 5.75 Å². The molecule has 0 bridgehead atoms. The topological polar surface area (TPSA) is 87.2 Å². The zero-order valence-electron chi connectivity index (χ0n) is 21.6. The summed E-state index contributed by atoms with van der Waals surface area (Å²) >= 11 is 1.66. The quantitative estimate of drug-likeness (QED) is 0.303. The van der Waals surface area contributed by atoms with Crippen LogP contribution in [-0.2, 0) is 0 Å². The third-order valence-corrected chi connectivity index (χ3v) is 7.62. The van der Waals surface area contributed by atoms with Crippen molar-refractivity contribution in [3.05, 3.63) is 24.0 Å². The largest absolute Gasteiger partial charge is 0.490 e. The van der Waals surface area contributed by atoms with Gasteiger partial charge in [-0.25, -0.2) is 4.39 Å². The van der Waals surface area contributed by atoms with Crippen molar-refractivity contribution in [2.75, 3.05) is 60.7 Å². The van der Waals surface area contributed by atoms with E-state index < -0.39 is 5.82 Å². The Kier molecular flexibility index (Phi) is 10.3. The van der Waals surface area contributed by atoms with Crippen molar-refractivity contribution >= 4 is 35.3 Å². The summed E-state index contributed by atoms with van der Waals surface area (Å²) in [5, 5.41) is 10.0. The Morgan fingerprint density at radius 1 is 1.00 bits per heavy atom. The highest BCUT2D eigenvalue weighted by Crippen LogP contribution is 2.26. The Bertz CT molecular complexity index is 960. The third-order valence-electron chi connectivity index (χ3n) is 7.04. The van der Waals surface area contributed by atoms with Gasteiger partial charge in [0.05, 0.1) is 6.61 Å². The van der Waals surface area contributed by atoms with Crippen LogP contribution in [0.2, 0.25) is 0 Å². The van der Waals surface area contributed by atoms with Crippen LogP contribution < -0.4 is 20.7 Å². The summed E-state index contributed by atoms with van der Waals surface area (Å²) in [5.74, 6) is 2.74. The number of likely N-dealkylation sites (tertiary alicyclic amines) is 1. The first-order valence-electron chi connectivity index (χ1n) is 13.3. The summed E-state index contributed by atoms with van der Waals surface area (Å²) in [6.07, 6.45) is 10.8. The molecule has 1 unspecified atom stereocenters. The molecule has 10 heteroatoms. The van der Waals surface area contributed by atoms with Gasteiger partial charge < -0.3 is 20.7 Å². The van der Waals surface area contributed by atoms with Gasteiger partial charge in [-0.15, -0.1) is 0 Å². The Labute approximate surface area is 218 Å².